The van der Waals surface area contributed by atoms with E-state index in [2.05, 4.69) is 25.5 Å². The van der Waals surface area contributed by atoms with Gasteiger partial charge in [0.1, 0.15) is 18.4 Å². The number of aromatic nitrogens is 4. The lowest BCUT2D eigenvalue weighted by Crippen LogP contribution is -2.52. The van der Waals surface area contributed by atoms with Gasteiger partial charge in [0, 0.05) is 12.1 Å². The fraction of sp³-hybridized carbons (Fsp3) is 0.625. The van der Waals surface area contributed by atoms with Gasteiger partial charge >= 0.3 is 0 Å². The highest BCUT2D eigenvalue weighted by molar-refractivity contribution is 5.94. The number of rotatable bonds is 6. The minimum absolute atomic E-state index is 0.0312. The van der Waals surface area contributed by atoms with Crippen molar-refractivity contribution in [2.24, 2.45) is 0 Å². The highest BCUT2D eigenvalue weighted by Gasteiger charge is 2.32. The molecule has 3 heterocycles. The zero-order valence-corrected chi connectivity index (χ0v) is 14.2. The van der Waals surface area contributed by atoms with E-state index in [1.165, 1.54) is 6.42 Å². The summed E-state index contributed by atoms with van der Waals surface area (Å²) in [6.45, 7) is 5.52. The van der Waals surface area contributed by atoms with Gasteiger partial charge < -0.3 is 9.84 Å². The molecule has 8 nitrogen and oxygen atoms in total. The molecule has 0 saturated carbocycles. The lowest BCUT2D eigenvalue weighted by molar-refractivity contribution is -0.123. The van der Waals surface area contributed by atoms with Crippen LogP contribution in [0.2, 0.25) is 0 Å². The SMILES string of the molecule is CC[C@H](C(=O)Nc1cc(C)on1)N1CCCC[C@@H]1Cn1cncn1. The van der Waals surface area contributed by atoms with Gasteiger partial charge in [0.05, 0.1) is 12.6 Å². The normalized spacial score (nSPS) is 20.0. The smallest absolute Gasteiger partial charge is 0.242 e. The number of carbonyl (C=O) groups excluding carboxylic acids is 1. The lowest BCUT2D eigenvalue weighted by Gasteiger charge is -2.40. The average Bonchev–Trinajstić information content (AvgIpc) is 3.21. The first-order chi connectivity index (χ1) is 11.7. The molecule has 1 N–H and O–H groups in total. The van der Waals surface area contributed by atoms with Crippen molar-refractivity contribution in [1.82, 2.24) is 24.8 Å². The Bertz CT molecular complexity index is 653. The third kappa shape index (κ3) is 3.81. The highest BCUT2D eigenvalue weighted by Crippen LogP contribution is 2.23. The van der Waals surface area contributed by atoms with E-state index in [1.54, 1.807) is 25.6 Å². The van der Waals surface area contributed by atoms with Gasteiger partial charge in [0.2, 0.25) is 5.91 Å². The number of anilines is 1. The molecule has 0 aliphatic carbocycles. The van der Waals surface area contributed by atoms with Crippen molar-refractivity contribution in [2.75, 3.05) is 11.9 Å². The third-order valence-electron chi connectivity index (χ3n) is 4.51. The van der Waals surface area contributed by atoms with Crippen molar-refractivity contribution in [3.05, 3.63) is 24.5 Å². The molecule has 130 valence electrons. The predicted molar refractivity (Wildman–Crippen MR) is 88.3 cm³/mol. The molecule has 1 fully saturated rings. The van der Waals surface area contributed by atoms with Crippen LogP contribution < -0.4 is 5.32 Å². The molecular formula is C16H24N6O2. The topological polar surface area (TPSA) is 89.1 Å². The Morgan fingerprint density at radius 2 is 2.38 bits per heavy atom. The van der Waals surface area contributed by atoms with E-state index < -0.39 is 0 Å². The molecule has 1 aliphatic heterocycles. The van der Waals surface area contributed by atoms with Crippen LogP contribution in [-0.2, 0) is 11.3 Å². The molecule has 0 unspecified atom stereocenters. The van der Waals surface area contributed by atoms with Crippen LogP contribution in [0.1, 0.15) is 38.4 Å². The average molecular weight is 332 g/mol. The van der Waals surface area contributed by atoms with Gasteiger partial charge in [-0.3, -0.25) is 14.4 Å². The van der Waals surface area contributed by atoms with Gasteiger partial charge in [-0.2, -0.15) is 5.10 Å². The summed E-state index contributed by atoms with van der Waals surface area (Å²) in [6.07, 6.45) is 7.37. The Labute approximate surface area is 141 Å². The second-order valence-electron chi connectivity index (χ2n) is 6.24. The van der Waals surface area contributed by atoms with Crippen LogP contribution in [0.15, 0.2) is 23.2 Å². The van der Waals surface area contributed by atoms with Crippen molar-refractivity contribution in [2.45, 2.75) is 58.2 Å². The van der Waals surface area contributed by atoms with Crippen LogP contribution in [0.5, 0.6) is 0 Å². The summed E-state index contributed by atoms with van der Waals surface area (Å²) in [4.78, 5) is 19.0. The molecule has 2 atom stereocenters. The van der Waals surface area contributed by atoms with Gasteiger partial charge in [-0.15, -0.1) is 0 Å². The van der Waals surface area contributed by atoms with E-state index in [0.717, 1.165) is 32.4 Å². The number of carbonyl (C=O) groups is 1. The zero-order chi connectivity index (χ0) is 16.9. The maximum absolute atomic E-state index is 12.7. The fourth-order valence-corrected chi connectivity index (χ4v) is 3.38. The minimum Gasteiger partial charge on any atom is -0.360 e. The van der Waals surface area contributed by atoms with Gasteiger partial charge in [-0.1, -0.05) is 18.5 Å². The first-order valence-corrected chi connectivity index (χ1v) is 8.49. The van der Waals surface area contributed by atoms with Crippen LogP contribution >= 0.6 is 0 Å². The molecule has 1 amide bonds. The molecule has 3 rings (SSSR count). The number of nitrogens with zero attached hydrogens (tertiary/aromatic N) is 5. The summed E-state index contributed by atoms with van der Waals surface area (Å²) in [5.41, 5.74) is 0. The van der Waals surface area contributed by atoms with Crippen molar-refractivity contribution in [3.8, 4) is 0 Å². The molecule has 0 radical (unpaired) electrons. The first kappa shape index (κ1) is 16.6. The molecule has 0 aromatic carbocycles. The Morgan fingerprint density at radius 1 is 1.50 bits per heavy atom. The Morgan fingerprint density at radius 3 is 3.04 bits per heavy atom. The van der Waals surface area contributed by atoms with Crippen molar-refractivity contribution >= 4 is 11.7 Å². The Balaban J connectivity index is 1.70. The van der Waals surface area contributed by atoms with Crippen molar-refractivity contribution in [3.63, 3.8) is 0 Å². The molecule has 0 bridgehead atoms. The summed E-state index contributed by atoms with van der Waals surface area (Å²) in [6, 6.07) is 1.83. The molecule has 2 aromatic heterocycles. The third-order valence-corrected chi connectivity index (χ3v) is 4.51. The monoisotopic (exact) mass is 332 g/mol. The molecule has 0 spiro atoms. The van der Waals surface area contributed by atoms with E-state index in [0.29, 0.717) is 11.6 Å². The predicted octanol–water partition coefficient (Wildman–Crippen LogP) is 1.85. The highest BCUT2D eigenvalue weighted by atomic mass is 16.5. The largest absolute Gasteiger partial charge is 0.360 e. The molecule has 1 aliphatic rings. The van der Waals surface area contributed by atoms with Crippen LogP contribution in [0.25, 0.3) is 0 Å². The number of nitrogens with one attached hydrogen (secondary N) is 1. The first-order valence-electron chi connectivity index (χ1n) is 8.49. The van der Waals surface area contributed by atoms with E-state index in [4.69, 9.17) is 4.52 Å². The van der Waals surface area contributed by atoms with Gasteiger partial charge in [0.15, 0.2) is 5.82 Å². The van der Waals surface area contributed by atoms with Gasteiger partial charge in [-0.25, -0.2) is 4.98 Å². The van der Waals surface area contributed by atoms with E-state index in [9.17, 15) is 4.79 Å². The van der Waals surface area contributed by atoms with Crippen LogP contribution in [-0.4, -0.2) is 49.4 Å². The summed E-state index contributed by atoms with van der Waals surface area (Å²) >= 11 is 0. The lowest BCUT2D eigenvalue weighted by atomic mass is 9.98. The van der Waals surface area contributed by atoms with Gasteiger partial charge in [0.25, 0.3) is 0 Å². The number of aryl methyl sites for hydroxylation is 1. The Hall–Kier alpha value is -2.22. The van der Waals surface area contributed by atoms with Gasteiger partial charge in [-0.05, 0) is 32.7 Å². The summed E-state index contributed by atoms with van der Waals surface area (Å²) < 4.78 is 6.86. The number of amides is 1. The standard InChI is InChI=1S/C16H24N6O2/c1-3-14(16(23)19-15-8-12(2)24-20-15)22-7-5-4-6-13(22)9-21-11-17-10-18-21/h8,10-11,13-14H,3-7,9H2,1-2H3,(H,19,20,23)/t13-,14-/m1/s1. The summed E-state index contributed by atoms with van der Waals surface area (Å²) in [5.74, 6) is 1.12. The maximum atomic E-state index is 12.7. The second-order valence-corrected chi connectivity index (χ2v) is 6.24. The summed E-state index contributed by atoms with van der Waals surface area (Å²) in [5, 5.41) is 10.9. The molecule has 8 heteroatoms. The van der Waals surface area contributed by atoms with Crippen molar-refractivity contribution < 1.29 is 9.32 Å². The molecule has 24 heavy (non-hydrogen) atoms. The second kappa shape index (κ2) is 7.57. The number of likely N-dealkylation sites (tertiary alicyclic amines) is 1. The van der Waals surface area contributed by atoms with Crippen LogP contribution in [0, 0.1) is 6.92 Å². The number of hydrogen-bond acceptors (Lipinski definition) is 6. The van der Waals surface area contributed by atoms with Crippen LogP contribution in [0.3, 0.4) is 0 Å². The van der Waals surface area contributed by atoms with E-state index in [-0.39, 0.29) is 18.0 Å². The van der Waals surface area contributed by atoms with E-state index in [1.807, 2.05) is 11.6 Å². The quantitative estimate of drug-likeness (QED) is 0.868. The Kier molecular flexibility index (Phi) is 5.24. The van der Waals surface area contributed by atoms with E-state index >= 15 is 0 Å². The molecular weight excluding hydrogens is 308 g/mol. The van der Waals surface area contributed by atoms with Crippen molar-refractivity contribution in [1.29, 1.82) is 0 Å². The maximum Gasteiger partial charge on any atom is 0.242 e. The summed E-state index contributed by atoms with van der Waals surface area (Å²) in [7, 11) is 0. The number of piperidine rings is 1. The minimum atomic E-state index is -0.184. The number of hydrogen-bond donors (Lipinski definition) is 1. The van der Waals surface area contributed by atoms with Crippen LogP contribution in [0.4, 0.5) is 5.82 Å². The zero-order valence-electron chi connectivity index (χ0n) is 14.2. The molecule has 2 aromatic rings. The fourth-order valence-electron chi connectivity index (χ4n) is 3.38. The molecule has 1 saturated heterocycles.